The molecule has 0 aliphatic carbocycles. The van der Waals surface area contributed by atoms with Crippen LogP contribution in [0.4, 0.5) is 13.2 Å². The number of methoxy groups -OCH3 is 1. The van der Waals surface area contributed by atoms with Crippen LogP contribution >= 0.6 is 0 Å². The molecule has 1 aromatic rings. The number of carbonyl (C=O) groups excluding carboxylic acids is 1. The van der Waals surface area contributed by atoms with Crippen molar-refractivity contribution in [2.75, 3.05) is 7.11 Å². The first-order valence-corrected chi connectivity index (χ1v) is 5.15. The van der Waals surface area contributed by atoms with E-state index in [-0.39, 0.29) is 5.56 Å². The number of benzene rings is 1. The minimum atomic E-state index is -3.10. The molecule has 0 saturated carbocycles. The molecule has 0 aliphatic heterocycles. The first kappa shape index (κ1) is 14.5. The van der Waals surface area contributed by atoms with Gasteiger partial charge in [0.2, 0.25) is 0 Å². The summed E-state index contributed by atoms with van der Waals surface area (Å²) in [5.74, 6) is -3.83. The number of alkyl halides is 2. The van der Waals surface area contributed by atoms with Crippen molar-refractivity contribution in [3.63, 3.8) is 0 Å². The zero-order valence-electron chi connectivity index (χ0n) is 9.86. The first-order valence-electron chi connectivity index (χ1n) is 5.15. The minimum absolute atomic E-state index is 0.0135. The number of hydrogen-bond acceptors (Lipinski definition) is 3. The molecule has 0 radical (unpaired) electrons. The van der Waals surface area contributed by atoms with E-state index in [1.54, 1.807) is 0 Å². The molecule has 0 aromatic heterocycles. The second-order valence-corrected chi connectivity index (χ2v) is 3.99. The van der Waals surface area contributed by atoms with Crippen molar-refractivity contribution in [1.29, 1.82) is 0 Å². The lowest BCUT2D eigenvalue weighted by molar-refractivity contribution is -0.167. The maximum absolute atomic E-state index is 12.9. The third-order valence-electron chi connectivity index (χ3n) is 2.74. The van der Waals surface area contributed by atoms with Crippen molar-refractivity contribution in [3.8, 4) is 0 Å². The van der Waals surface area contributed by atoms with Crippen molar-refractivity contribution in [1.82, 2.24) is 0 Å². The Morgan fingerprint density at radius 2 is 1.83 bits per heavy atom. The molecule has 1 rings (SSSR count). The average Bonchev–Trinajstić information content (AvgIpc) is 2.28. The Morgan fingerprint density at radius 3 is 2.22 bits per heavy atom. The standard InChI is InChI=1S/C12H13F3O3/c1-12(17,7-3-5-8(13)6-4-7)9(10(14)15)11(16)18-2/h3-6,9-10,17H,1-2H3. The van der Waals surface area contributed by atoms with Crippen molar-refractivity contribution in [2.24, 2.45) is 5.92 Å². The predicted molar refractivity (Wildman–Crippen MR) is 57.5 cm³/mol. The maximum atomic E-state index is 12.9. The highest BCUT2D eigenvalue weighted by molar-refractivity contribution is 5.74. The molecule has 0 saturated heterocycles. The summed E-state index contributed by atoms with van der Waals surface area (Å²) in [7, 11) is 0.957. The molecule has 2 unspecified atom stereocenters. The monoisotopic (exact) mass is 262 g/mol. The van der Waals surface area contributed by atoms with Crippen LogP contribution in [0.5, 0.6) is 0 Å². The second-order valence-electron chi connectivity index (χ2n) is 3.99. The number of rotatable bonds is 4. The fourth-order valence-electron chi connectivity index (χ4n) is 1.67. The van der Waals surface area contributed by atoms with Gasteiger partial charge in [0.05, 0.1) is 7.11 Å². The van der Waals surface area contributed by atoms with Crippen LogP contribution in [0, 0.1) is 11.7 Å². The van der Waals surface area contributed by atoms with E-state index in [4.69, 9.17) is 0 Å². The van der Waals surface area contributed by atoms with Crippen LogP contribution in [-0.2, 0) is 15.1 Å². The Bertz CT molecular complexity index is 415. The Hall–Kier alpha value is -1.56. The molecule has 6 heteroatoms. The van der Waals surface area contributed by atoms with E-state index in [2.05, 4.69) is 4.74 Å². The zero-order chi connectivity index (χ0) is 13.9. The highest BCUT2D eigenvalue weighted by Gasteiger charge is 2.46. The van der Waals surface area contributed by atoms with Gasteiger partial charge in [0, 0.05) is 0 Å². The van der Waals surface area contributed by atoms with Gasteiger partial charge in [-0.2, -0.15) is 0 Å². The SMILES string of the molecule is COC(=O)C(C(F)F)C(C)(O)c1ccc(F)cc1. The third-order valence-corrected chi connectivity index (χ3v) is 2.74. The molecule has 0 fully saturated rings. The first-order chi connectivity index (χ1) is 8.30. The summed E-state index contributed by atoms with van der Waals surface area (Å²) in [5, 5.41) is 10.1. The van der Waals surface area contributed by atoms with Crippen LogP contribution in [-0.4, -0.2) is 24.6 Å². The van der Waals surface area contributed by atoms with Gasteiger partial charge in [-0.25, -0.2) is 13.2 Å². The van der Waals surface area contributed by atoms with Gasteiger partial charge in [-0.05, 0) is 24.6 Å². The van der Waals surface area contributed by atoms with E-state index in [1.807, 2.05) is 0 Å². The zero-order valence-corrected chi connectivity index (χ0v) is 9.86. The molecule has 0 aliphatic rings. The summed E-state index contributed by atoms with van der Waals surface area (Å²) in [6.07, 6.45) is -3.10. The fourth-order valence-corrected chi connectivity index (χ4v) is 1.67. The topological polar surface area (TPSA) is 46.5 Å². The van der Waals surface area contributed by atoms with E-state index >= 15 is 0 Å². The van der Waals surface area contributed by atoms with Crippen LogP contribution in [0.2, 0.25) is 0 Å². The van der Waals surface area contributed by atoms with E-state index in [9.17, 15) is 23.1 Å². The van der Waals surface area contributed by atoms with Crippen LogP contribution in [0.3, 0.4) is 0 Å². The van der Waals surface area contributed by atoms with Crippen LogP contribution < -0.4 is 0 Å². The summed E-state index contributed by atoms with van der Waals surface area (Å²) < 4.78 is 42.7. The normalized spacial score (nSPS) is 16.2. The average molecular weight is 262 g/mol. The Balaban J connectivity index is 3.16. The van der Waals surface area contributed by atoms with E-state index in [0.29, 0.717) is 0 Å². The molecule has 2 atom stereocenters. The Labute approximate surface area is 102 Å². The molecular formula is C12H13F3O3. The van der Waals surface area contributed by atoms with Gasteiger partial charge in [-0.3, -0.25) is 4.79 Å². The smallest absolute Gasteiger partial charge is 0.317 e. The molecule has 3 nitrogen and oxygen atoms in total. The lowest BCUT2D eigenvalue weighted by atomic mass is 9.83. The van der Waals surface area contributed by atoms with E-state index < -0.39 is 29.7 Å². The number of hydrogen-bond donors (Lipinski definition) is 1. The lowest BCUT2D eigenvalue weighted by Crippen LogP contribution is -2.42. The van der Waals surface area contributed by atoms with E-state index in [1.165, 1.54) is 0 Å². The summed E-state index contributed by atoms with van der Waals surface area (Å²) >= 11 is 0. The number of carbonyl (C=O) groups is 1. The van der Waals surface area contributed by atoms with Crippen molar-refractivity contribution < 1.29 is 27.8 Å². The third kappa shape index (κ3) is 2.81. The molecule has 1 N–H and O–H groups in total. The van der Waals surface area contributed by atoms with Crippen LogP contribution in [0.1, 0.15) is 12.5 Å². The highest BCUT2D eigenvalue weighted by atomic mass is 19.3. The van der Waals surface area contributed by atoms with Gasteiger partial charge >= 0.3 is 5.97 Å². The van der Waals surface area contributed by atoms with Crippen molar-refractivity contribution in [2.45, 2.75) is 19.0 Å². The molecule has 1 aromatic carbocycles. The molecular weight excluding hydrogens is 249 g/mol. The highest BCUT2D eigenvalue weighted by Crippen LogP contribution is 2.34. The largest absolute Gasteiger partial charge is 0.469 e. The summed E-state index contributed by atoms with van der Waals surface area (Å²) in [6, 6.07) is 4.33. The van der Waals surface area contributed by atoms with Crippen LogP contribution in [0.15, 0.2) is 24.3 Å². The van der Waals surface area contributed by atoms with Gasteiger partial charge in [0.1, 0.15) is 17.3 Å². The number of ether oxygens (including phenoxy) is 1. The molecule has 18 heavy (non-hydrogen) atoms. The van der Waals surface area contributed by atoms with Gasteiger partial charge in [-0.1, -0.05) is 12.1 Å². The molecule has 0 heterocycles. The number of aliphatic hydroxyl groups is 1. The molecule has 0 bridgehead atoms. The Kier molecular flexibility index (Phi) is 4.34. The van der Waals surface area contributed by atoms with Gasteiger partial charge in [0.15, 0.2) is 0 Å². The van der Waals surface area contributed by atoms with Crippen LogP contribution in [0.25, 0.3) is 0 Å². The Morgan fingerprint density at radius 1 is 1.33 bits per heavy atom. The fraction of sp³-hybridized carbons (Fsp3) is 0.417. The van der Waals surface area contributed by atoms with Crippen molar-refractivity contribution >= 4 is 5.97 Å². The molecule has 0 spiro atoms. The minimum Gasteiger partial charge on any atom is -0.469 e. The van der Waals surface area contributed by atoms with E-state index in [0.717, 1.165) is 38.3 Å². The predicted octanol–water partition coefficient (Wildman–Crippen LogP) is 2.09. The number of esters is 1. The lowest BCUT2D eigenvalue weighted by Gasteiger charge is -2.30. The second kappa shape index (κ2) is 5.39. The maximum Gasteiger partial charge on any atom is 0.317 e. The van der Waals surface area contributed by atoms with Crippen molar-refractivity contribution in [3.05, 3.63) is 35.6 Å². The molecule has 0 amide bonds. The summed E-state index contributed by atoms with van der Waals surface area (Å²) in [6.45, 7) is 1.06. The van der Waals surface area contributed by atoms with Gasteiger partial charge in [0.25, 0.3) is 6.43 Å². The summed E-state index contributed by atoms with van der Waals surface area (Å²) in [4.78, 5) is 11.3. The van der Waals surface area contributed by atoms with Gasteiger partial charge < -0.3 is 9.84 Å². The summed E-state index contributed by atoms with van der Waals surface area (Å²) in [5.41, 5.74) is -2.13. The number of halogens is 3. The molecule has 100 valence electrons. The quantitative estimate of drug-likeness (QED) is 0.845. The van der Waals surface area contributed by atoms with Gasteiger partial charge in [-0.15, -0.1) is 0 Å².